The monoisotopic (exact) mass is 846 g/mol. The molecule has 354 valence electrons. The van der Waals surface area contributed by atoms with Crippen molar-refractivity contribution in [3.63, 3.8) is 0 Å². The van der Waals surface area contributed by atoms with E-state index in [1.54, 1.807) is 0 Å². The van der Waals surface area contributed by atoms with Crippen LogP contribution in [0.2, 0.25) is 0 Å². The number of esters is 1. The molecule has 0 aliphatic rings. The van der Waals surface area contributed by atoms with Gasteiger partial charge in [0.2, 0.25) is 5.91 Å². The van der Waals surface area contributed by atoms with Crippen molar-refractivity contribution in [2.75, 3.05) is 13.2 Å². The van der Waals surface area contributed by atoms with Crippen LogP contribution in [-0.4, -0.2) is 47.4 Å². The van der Waals surface area contributed by atoms with E-state index in [9.17, 15) is 19.8 Å². The number of hydrogen-bond acceptors (Lipinski definition) is 5. The summed E-state index contributed by atoms with van der Waals surface area (Å²) in [6.07, 6.45) is 58.6. The summed E-state index contributed by atoms with van der Waals surface area (Å²) in [6, 6.07) is -0.556. The number of aliphatic hydroxyl groups is 2. The lowest BCUT2D eigenvalue weighted by atomic mass is 10.0. The zero-order chi connectivity index (χ0) is 43.7. The van der Waals surface area contributed by atoms with E-state index < -0.39 is 12.1 Å². The first kappa shape index (κ1) is 58.3. The molecule has 0 bridgehead atoms. The van der Waals surface area contributed by atoms with Crippen LogP contribution in [-0.2, 0) is 14.3 Å². The smallest absolute Gasteiger partial charge is 0.305 e. The average Bonchev–Trinajstić information content (AvgIpc) is 3.25. The molecule has 6 heteroatoms. The van der Waals surface area contributed by atoms with Gasteiger partial charge in [0, 0.05) is 12.8 Å². The minimum atomic E-state index is -0.677. The van der Waals surface area contributed by atoms with Crippen LogP contribution in [0.15, 0.2) is 24.3 Å². The Hall–Kier alpha value is -1.66. The van der Waals surface area contributed by atoms with E-state index in [1.807, 2.05) is 0 Å². The summed E-state index contributed by atoms with van der Waals surface area (Å²) in [4.78, 5) is 24.5. The quantitative estimate of drug-likeness (QED) is 0.0322. The van der Waals surface area contributed by atoms with E-state index in [4.69, 9.17) is 4.74 Å². The minimum Gasteiger partial charge on any atom is -0.466 e. The SMILES string of the molecule is CCCCC/C=C\C/C=C\CCCCCCCC(=O)OCCCCCCCCCCCCCC(=O)NC(CO)C(O)CCCCCCCCCCCCCCCCCCC. The summed E-state index contributed by atoms with van der Waals surface area (Å²) >= 11 is 0. The second-order valence-electron chi connectivity index (χ2n) is 18.2. The van der Waals surface area contributed by atoms with Crippen LogP contribution in [0.4, 0.5) is 0 Å². The number of carbonyl (C=O) groups excluding carboxylic acids is 2. The van der Waals surface area contributed by atoms with Crippen LogP contribution >= 0.6 is 0 Å². The van der Waals surface area contributed by atoms with Gasteiger partial charge in [-0.05, 0) is 57.8 Å². The van der Waals surface area contributed by atoms with Gasteiger partial charge in [0.05, 0.1) is 25.4 Å². The van der Waals surface area contributed by atoms with Crippen LogP contribution < -0.4 is 5.32 Å². The Morgan fingerprint density at radius 3 is 1.30 bits per heavy atom. The maximum Gasteiger partial charge on any atom is 0.305 e. The molecule has 0 aliphatic carbocycles. The van der Waals surface area contributed by atoms with Gasteiger partial charge in [-0.25, -0.2) is 0 Å². The summed E-state index contributed by atoms with van der Waals surface area (Å²) < 4.78 is 5.45. The molecule has 0 radical (unpaired) electrons. The molecule has 60 heavy (non-hydrogen) atoms. The predicted octanol–water partition coefficient (Wildman–Crippen LogP) is 15.9. The predicted molar refractivity (Wildman–Crippen MR) is 260 cm³/mol. The molecular weight excluding hydrogens is 743 g/mol. The number of amides is 1. The van der Waals surface area contributed by atoms with Crippen molar-refractivity contribution in [1.82, 2.24) is 5.32 Å². The van der Waals surface area contributed by atoms with Crippen LogP contribution in [0, 0.1) is 0 Å². The molecule has 0 aromatic carbocycles. The first-order chi connectivity index (χ1) is 29.5. The summed E-state index contributed by atoms with van der Waals surface area (Å²) in [5.41, 5.74) is 0. The van der Waals surface area contributed by atoms with E-state index in [1.165, 1.54) is 180 Å². The van der Waals surface area contributed by atoms with Gasteiger partial charge in [-0.3, -0.25) is 9.59 Å². The molecule has 0 heterocycles. The van der Waals surface area contributed by atoms with Gasteiger partial charge in [0.25, 0.3) is 0 Å². The molecule has 2 unspecified atom stereocenters. The molecule has 0 spiro atoms. The van der Waals surface area contributed by atoms with E-state index in [2.05, 4.69) is 43.5 Å². The lowest BCUT2D eigenvalue weighted by molar-refractivity contribution is -0.143. The fourth-order valence-electron chi connectivity index (χ4n) is 8.14. The molecular formula is C54H103NO5. The van der Waals surface area contributed by atoms with E-state index in [0.29, 0.717) is 25.9 Å². The Balaban J connectivity index is 3.48. The second-order valence-corrected chi connectivity index (χ2v) is 18.2. The van der Waals surface area contributed by atoms with Crippen molar-refractivity contribution in [2.24, 2.45) is 0 Å². The summed E-state index contributed by atoms with van der Waals surface area (Å²) in [5.74, 6) is -0.0808. The molecule has 1 amide bonds. The van der Waals surface area contributed by atoms with Gasteiger partial charge < -0.3 is 20.3 Å². The van der Waals surface area contributed by atoms with Crippen LogP contribution in [0.5, 0.6) is 0 Å². The zero-order valence-electron chi connectivity index (χ0n) is 40.2. The van der Waals surface area contributed by atoms with E-state index >= 15 is 0 Å². The van der Waals surface area contributed by atoms with Crippen molar-refractivity contribution >= 4 is 11.9 Å². The van der Waals surface area contributed by atoms with Gasteiger partial charge in [-0.2, -0.15) is 0 Å². The third-order valence-corrected chi connectivity index (χ3v) is 12.3. The highest BCUT2D eigenvalue weighted by Gasteiger charge is 2.20. The van der Waals surface area contributed by atoms with E-state index in [0.717, 1.165) is 70.6 Å². The first-order valence-electron chi connectivity index (χ1n) is 26.6. The van der Waals surface area contributed by atoms with Crippen LogP contribution in [0.25, 0.3) is 0 Å². The standard InChI is InChI=1S/C54H103NO5/c1-3-5-7-9-11-13-15-17-19-20-22-23-26-30-34-38-42-46-52(57)51(50-56)55-53(58)47-43-39-35-31-27-25-29-33-37-41-45-49-60-54(59)48-44-40-36-32-28-24-21-18-16-14-12-10-8-6-4-2/h12,14,18,21,51-52,56-57H,3-11,13,15-17,19-20,22-50H2,1-2H3,(H,55,58)/b14-12-,21-18-. The van der Waals surface area contributed by atoms with Crippen molar-refractivity contribution in [1.29, 1.82) is 0 Å². The largest absolute Gasteiger partial charge is 0.466 e. The number of ether oxygens (including phenoxy) is 1. The van der Waals surface area contributed by atoms with Crippen molar-refractivity contribution in [3.05, 3.63) is 24.3 Å². The minimum absolute atomic E-state index is 0.0273. The number of aliphatic hydroxyl groups excluding tert-OH is 2. The molecule has 0 rings (SSSR count). The Kier molecular flexibility index (Phi) is 48.6. The number of rotatable bonds is 49. The number of nitrogens with one attached hydrogen (secondary N) is 1. The second kappa shape index (κ2) is 50.0. The molecule has 6 nitrogen and oxygen atoms in total. The Morgan fingerprint density at radius 2 is 0.833 bits per heavy atom. The highest BCUT2D eigenvalue weighted by molar-refractivity contribution is 5.76. The molecule has 0 aliphatic heterocycles. The highest BCUT2D eigenvalue weighted by Crippen LogP contribution is 2.17. The molecule has 0 saturated carbocycles. The number of carbonyl (C=O) groups is 2. The normalized spacial score (nSPS) is 12.8. The van der Waals surface area contributed by atoms with Gasteiger partial charge in [0.15, 0.2) is 0 Å². The Bertz CT molecular complexity index is 935. The lowest BCUT2D eigenvalue weighted by Gasteiger charge is -2.22. The van der Waals surface area contributed by atoms with Crippen LogP contribution in [0.1, 0.15) is 284 Å². The van der Waals surface area contributed by atoms with Gasteiger partial charge >= 0.3 is 5.97 Å². The van der Waals surface area contributed by atoms with Gasteiger partial charge in [0.1, 0.15) is 0 Å². The van der Waals surface area contributed by atoms with Crippen molar-refractivity contribution < 1.29 is 24.5 Å². The topological polar surface area (TPSA) is 95.9 Å². The first-order valence-corrected chi connectivity index (χ1v) is 26.6. The molecule has 0 saturated heterocycles. The lowest BCUT2D eigenvalue weighted by Crippen LogP contribution is -2.45. The number of unbranched alkanes of at least 4 members (excludes halogenated alkanes) is 34. The van der Waals surface area contributed by atoms with Crippen molar-refractivity contribution in [2.45, 2.75) is 296 Å². The summed E-state index contributed by atoms with van der Waals surface area (Å²) in [7, 11) is 0. The maximum atomic E-state index is 12.5. The molecule has 2 atom stereocenters. The Labute approximate surface area is 373 Å². The Morgan fingerprint density at radius 1 is 0.467 bits per heavy atom. The van der Waals surface area contributed by atoms with Crippen molar-refractivity contribution in [3.8, 4) is 0 Å². The fraction of sp³-hybridized carbons (Fsp3) is 0.889. The van der Waals surface area contributed by atoms with E-state index in [-0.39, 0.29) is 18.5 Å². The molecule has 0 aromatic heterocycles. The van der Waals surface area contributed by atoms with Gasteiger partial charge in [-0.1, -0.05) is 237 Å². The maximum absolute atomic E-state index is 12.5. The van der Waals surface area contributed by atoms with Gasteiger partial charge in [-0.15, -0.1) is 0 Å². The summed E-state index contributed by atoms with van der Waals surface area (Å²) in [5, 5.41) is 23.3. The molecule has 0 fully saturated rings. The fourth-order valence-corrected chi connectivity index (χ4v) is 8.14. The molecule has 3 N–H and O–H groups in total. The number of allylic oxidation sites excluding steroid dienone is 4. The van der Waals surface area contributed by atoms with Crippen LogP contribution in [0.3, 0.4) is 0 Å². The zero-order valence-corrected chi connectivity index (χ0v) is 40.2. The molecule has 0 aromatic rings. The average molecular weight is 846 g/mol. The summed E-state index contributed by atoms with van der Waals surface area (Å²) in [6.45, 7) is 4.88. The number of hydrogen-bond donors (Lipinski definition) is 3. The highest BCUT2D eigenvalue weighted by atomic mass is 16.5. The third kappa shape index (κ3) is 45.9. The third-order valence-electron chi connectivity index (χ3n) is 12.3.